The van der Waals surface area contributed by atoms with Gasteiger partial charge in [0.2, 0.25) is 5.91 Å². The average molecular weight is 383 g/mol. The molecule has 6 nitrogen and oxygen atoms in total. The van der Waals surface area contributed by atoms with Crippen LogP contribution in [-0.2, 0) is 17.9 Å². The number of benzene rings is 1. The van der Waals surface area contributed by atoms with E-state index in [4.69, 9.17) is 4.74 Å². The molecule has 140 valence electrons. The van der Waals surface area contributed by atoms with Crippen molar-refractivity contribution in [2.45, 2.75) is 25.9 Å². The number of nitrogens with one attached hydrogen (secondary N) is 1. The van der Waals surface area contributed by atoms with E-state index in [2.05, 4.69) is 10.4 Å². The molecule has 1 amide bonds. The molecule has 0 saturated heterocycles. The Kier molecular flexibility index (Phi) is 6.38. The van der Waals surface area contributed by atoms with E-state index < -0.39 is 0 Å². The molecule has 0 spiro atoms. The Morgan fingerprint density at radius 3 is 2.70 bits per heavy atom. The standard InChI is InChI=1S/C20H21N3O3S/c1-26-16-8-6-15(7-9-16)18-10-11-20(25)23(22-18)12-2-5-19(24)21-14-17-4-3-13-27-17/h3-4,6-11,13H,2,5,12,14H2,1H3,(H,21,24). The molecule has 0 unspecified atom stereocenters. The zero-order valence-corrected chi connectivity index (χ0v) is 15.9. The highest BCUT2D eigenvalue weighted by molar-refractivity contribution is 7.09. The van der Waals surface area contributed by atoms with Crippen molar-refractivity contribution in [3.8, 4) is 17.0 Å². The van der Waals surface area contributed by atoms with Crippen molar-refractivity contribution < 1.29 is 9.53 Å². The zero-order valence-electron chi connectivity index (χ0n) is 15.1. The maximum atomic E-state index is 12.0. The van der Waals surface area contributed by atoms with Gasteiger partial charge in [0, 0.05) is 29.5 Å². The van der Waals surface area contributed by atoms with Crippen LogP contribution in [0.3, 0.4) is 0 Å². The lowest BCUT2D eigenvalue weighted by molar-refractivity contribution is -0.121. The second kappa shape index (κ2) is 9.14. The molecule has 3 aromatic rings. The predicted octanol–water partition coefficient (Wildman–Crippen LogP) is 3.08. The minimum absolute atomic E-state index is 0.0252. The summed E-state index contributed by atoms with van der Waals surface area (Å²) in [5, 5.41) is 9.28. The molecule has 27 heavy (non-hydrogen) atoms. The van der Waals surface area contributed by atoms with Crippen LogP contribution >= 0.6 is 11.3 Å². The van der Waals surface area contributed by atoms with Crippen molar-refractivity contribution >= 4 is 17.2 Å². The molecule has 0 saturated carbocycles. The summed E-state index contributed by atoms with van der Waals surface area (Å²) in [5.41, 5.74) is 1.43. The van der Waals surface area contributed by atoms with Crippen LogP contribution in [0, 0.1) is 0 Å². The highest BCUT2D eigenvalue weighted by atomic mass is 32.1. The molecule has 0 aliphatic carbocycles. The zero-order chi connectivity index (χ0) is 19.1. The summed E-state index contributed by atoms with van der Waals surface area (Å²) in [7, 11) is 1.62. The van der Waals surface area contributed by atoms with Gasteiger partial charge in [-0.1, -0.05) is 6.07 Å². The van der Waals surface area contributed by atoms with E-state index in [9.17, 15) is 9.59 Å². The monoisotopic (exact) mass is 383 g/mol. The van der Waals surface area contributed by atoms with Crippen LogP contribution < -0.4 is 15.6 Å². The predicted molar refractivity (Wildman–Crippen MR) is 106 cm³/mol. The molecule has 0 radical (unpaired) electrons. The smallest absolute Gasteiger partial charge is 0.266 e. The lowest BCUT2D eigenvalue weighted by atomic mass is 10.1. The molecule has 0 aliphatic rings. The molecule has 1 aromatic carbocycles. The maximum absolute atomic E-state index is 12.0. The first kappa shape index (κ1) is 18.8. The van der Waals surface area contributed by atoms with Crippen LogP contribution in [0.2, 0.25) is 0 Å². The van der Waals surface area contributed by atoms with Gasteiger partial charge in [-0.05, 0) is 48.2 Å². The fourth-order valence-corrected chi connectivity index (χ4v) is 3.25. The molecule has 2 heterocycles. The molecular formula is C20H21N3O3S. The number of ether oxygens (including phenoxy) is 1. The third-order valence-corrected chi connectivity index (χ3v) is 4.94. The van der Waals surface area contributed by atoms with Gasteiger partial charge in [-0.2, -0.15) is 5.10 Å². The molecule has 2 aromatic heterocycles. The van der Waals surface area contributed by atoms with Gasteiger partial charge in [-0.25, -0.2) is 4.68 Å². The van der Waals surface area contributed by atoms with Gasteiger partial charge >= 0.3 is 0 Å². The molecular weight excluding hydrogens is 362 g/mol. The van der Waals surface area contributed by atoms with E-state index in [1.165, 1.54) is 10.7 Å². The molecule has 0 bridgehead atoms. The first-order valence-electron chi connectivity index (χ1n) is 8.67. The number of hydrogen-bond donors (Lipinski definition) is 1. The number of carbonyl (C=O) groups excluding carboxylic acids is 1. The SMILES string of the molecule is COc1ccc(-c2ccc(=O)n(CCCC(=O)NCc3cccs3)n2)cc1. The summed E-state index contributed by atoms with van der Waals surface area (Å²) in [6.45, 7) is 0.941. The fraction of sp³-hybridized carbons (Fsp3) is 0.250. The summed E-state index contributed by atoms with van der Waals surface area (Å²) in [6.07, 6.45) is 0.904. The minimum atomic E-state index is -0.175. The third kappa shape index (κ3) is 5.27. The van der Waals surface area contributed by atoms with Crippen molar-refractivity contribution in [1.82, 2.24) is 15.1 Å². The Bertz CT molecular complexity index is 934. The summed E-state index contributed by atoms with van der Waals surface area (Å²) < 4.78 is 6.56. The van der Waals surface area contributed by atoms with Crippen molar-refractivity contribution in [2.75, 3.05) is 7.11 Å². The van der Waals surface area contributed by atoms with Gasteiger partial charge in [-0.15, -0.1) is 11.3 Å². The quantitative estimate of drug-likeness (QED) is 0.649. The molecule has 7 heteroatoms. The van der Waals surface area contributed by atoms with Crippen molar-refractivity contribution in [2.24, 2.45) is 0 Å². The summed E-state index contributed by atoms with van der Waals surface area (Å²) >= 11 is 1.61. The second-order valence-electron chi connectivity index (χ2n) is 5.97. The molecule has 0 fully saturated rings. The van der Waals surface area contributed by atoms with Crippen LogP contribution in [0.1, 0.15) is 17.7 Å². The highest BCUT2D eigenvalue weighted by Gasteiger charge is 2.06. The first-order valence-corrected chi connectivity index (χ1v) is 9.55. The van der Waals surface area contributed by atoms with E-state index in [1.54, 1.807) is 24.5 Å². The van der Waals surface area contributed by atoms with Crippen molar-refractivity contribution in [1.29, 1.82) is 0 Å². The normalized spacial score (nSPS) is 10.6. The van der Waals surface area contributed by atoms with E-state index >= 15 is 0 Å². The van der Waals surface area contributed by atoms with Gasteiger partial charge in [0.05, 0.1) is 19.3 Å². The Hall–Kier alpha value is -2.93. The number of thiophene rings is 1. The summed E-state index contributed by atoms with van der Waals surface area (Å²) in [6, 6.07) is 14.6. The largest absolute Gasteiger partial charge is 0.497 e. The number of hydrogen-bond acceptors (Lipinski definition) is 5. The number of aryl methyl sites for hydroxylation is 1. The Morgan fingerprint density at radius 2 is 2.00 bits per heavy atom. The molecule has 0 aliphatic heterocycles. The minimum Gasteiger partial charge on any atom is -0.497 e. The molecule has 1 N–H and O–H groups in total. The van der Waals surface area contributed by atoms with E-state index in [0.717, 1.165) is 16.2 Å². The van der Waals surface area contributed by atoms with Crippen LogP contribution in [0.25, 0.3) is 11.3 Å². The number of rotatable bonds is 8. The molecule has 0 atom stereocenters. The lowest BCUT2D eigenvalue weighted by Crippen LogP contribution is -2.25. The maximum Gasteiger partial charge on any atom is 0.266 e. The van der Waals surface area contributed by atoms with Crippen molar-refractivity contribution in [3.63, 3.8) is 0 Å². The average Bonchev–Trinajstić information content (AvgIpc) is 3.21. The van der Waals surface area contributed by atoms with Crippen LogP contribution in [0.15, 0.2) is 58.7 Å². The number of carbonyl (C=O) groups is 1. The molecule has 3 rings (SSSR count). The Balaban J connectivity index is 1.56. The van der Waals surface area contributed by atoms with Crippen molar-refractivity contribution in [3.05, 3.63) is 69.1 Å². The Morgan fingerprint density at radius 1 is 1.19 bits per heavy atom. The van der Waals surface area contributed by atoms with Gasteiger partial charge in [-0.3, -0.25) is 9.59 Å². The van der Waals surface area contributed by atoms with Gasteiger partial charge in [0.1, 0.15) is 5.75 Å². The van der Waals surface area contributed by atoms with E-state index in [0.29, 0.717) is 31.6 Å². The van der Waals surface area contributed by atoms with Gasteiger partial charge in [0.15, 0.2) is 0 Å². The Labute approximate surface area is 161 Å². The number of amides is 1. The number of aromatic nitrogens is 2. The van der Waals surface area contributed by atoms with Crippen LogP contribution in [0.4, 0.5) is 0 Å². The van der Waals surface area contributed by atoms with E-state index in [1.807, 2.05) is 41.8 Å². The topological polar surface area (TPSA) is 73.2 Å². The first-order chi connectivity index (χ1) is 13.2. The highest BCUT2D eigenvalue weighted by Crippen LogP contribution is 2.19. The second-order valence-corrected chi connectivity index (χ2v) is 7.00. The fourth-order valence-electron chi connectivity index (χ4n) is 2.60. The van der Waals surface area contributed by atoms with E-state index in [-0.39, 0.29) is 11.5 Å². The summed E-state index contributed by atoms with van der Waals surface area (Å²) in [5.74, 6) is 0.739. The van der Waals surface area contributed by atoms with Gasteiger partial charge in [0.25, 0.3) is 5.56 Å². The number of nitrogens with zero attached hydrogens (tertiary/aromatic N) is 2. The number of methoxy groups -OCH3 is 1. The van der Waals surface area contributed by atoms with Gasteiger partial charge < -0.3 is 10.1 Å². The third-order valence-electron chi connectivity index (χ3n) is 4.07. The van der Waals surface area contributed by atoms with Crippen LogP contribution in [-0.4, -0.2) is 22.8 Å². The van der Waals surface area contributed by atoms with Crippen LogP contribution in [0.5, 0.6) is 5.75 Å². The lowest BCUT2D eigenvalue weighted by Gasteiger charge is -2.08. The summed E-state index contributed by atoms with van der Waals surface area (Å²) in [4.78, 5) is 25.1.